The Hall–Kier alpha value is -0.810. The summed E-state index contributed by atoms with van der Waals surface area (Å²) in [7, 11) is 0. The van der Waals surface area contributed by atoms with Gasteiger partial charge in [0.05, 0.1) is 0 Å². The lowest BCUT2D eigenvalue weighted by atomic mass is 9.79. The molecule has 0 aliphatic heterocycles. The third-order valence-corrected chi connectivity index (χ3v) is 5.45. The molecule has 0 aromatic carbocycles. The Balaban J connectivity index is 4.60. The van der Waals surface area contributed by atoms with Crippen LogP contribution in [-0.4, -0.2) is 61.3 Å². The molecule has 0 bridgehead atoms. The summed E-state index contributed by atoms with van der Waals surface area (Å²) in [6.45, 7) is 18.5. The van der Waals surface area contributed by atoms with E-state index < -0.39 is 0 Å². The number of hydrogen-bond donors (Lipinski definition) is 3. The van der Waals surface area contributed by atoms with Crippen molar-refractivity contribution in [3.05, 3.63) is 0 Å². The van der Waals surface area contributed by atoms with E-state index in [2.05, 4.69) is 57.1 Å². The van der Waals surface area contributed by atoms with Gasteiger partial charge in [-0.1, -0.05) is 27.7 Å². The van der Waals surface area contributed by atoms with E-state index in [4.69, 9.17) is 4.99 Å². The Morgan fingerprint density at radius 2 is 1.76 bits per heavy atom. The van der Waals surface area contributed by atoms with Gasteiger partial charge in [-0.05, 0) is 71.0 Å². The van der Waals surface area contributed by atoms with Crippen molar-refractivity contribution in [2.24, 2.45) is 10.4 Å². The van der Waals surface area contributed by atoms with Gasteiger partial charge in [0.25, 0.3) is 0 Å². The SMILES string of the molecule is CCNC(=NCC(CC)(CC)CCO)NC(C)CCCN(CC)CC. The lowest BCUT2D eigenvalue weighted by Gasteiger charge is -2.30. The summed E-state index contributed by atoms with van der Waals surface area (Å²) in [6, 6.07) is 0.406. The first kappa shape index (κ1) is 24.2. The highest BCUT2D eigenvalue weighted by Crippen LogP contribution is 2.30. The van der Waals surface area contributed by atoms with Crippen LogP contribution in [0, 0.1) is 5.41 Å². The van der Waals surface area contributed by atoms with Crippen molar-refractivity contribution >= 4 is 5.96 Å². The Morgan fingerprint density at radius 1 is 1.12 bits per heavy atom. The molecule has 1 unspecified atom stereocenters. The topological polar surface area (TPSA) is 59.9 Å². The van der Waals surface area contributed by atoms with Crippen LogP contribution in [-0.2, 0) is 0 Å². The summed E-state index contributed by atoms with van der Waals surface area (Å²) in [4.78, 5) is 7.30. The lowest BCUT2D eigenvalue weighted by molar-refractivity contribution is 0.175. The molecule has 3 N–H and O–H groups in total. The molecule has 0 aromatic heterocycles. The molecule has 0 aromatic rings. The minimum atomic E-state index is 0.114. The Labute approximate surface area is 156 Å². The minimum Gasteiger partial charge on any atom is -0.396 e. The molecule has 0 fully saturated rings. The van der Waals surface area contributed by atoms with Crippen LogP contribution in [0.25, 0.3) is 0 Å². The molecule has 0 radical (unpaired) electrons. The van der Waals surface area contributed by atoms with E-state index in [9.17, 15) is 5.11 Å². The first-order valence-corrected chi connectivity index (χ1v) is 10.4. The standard InChI is InChI=1S/C20H44N4O/c1-7-20(8-2,14-16-25)17-22-19(21-9-3)23-18(6)13-12-15-24(10-4)11-5/h18,25H,7-17H2,1-6H3,(H2,21,22,23). The highest BCUT2D eigenvalue weighted by Gasteiger charge is 2.25. The first-order chi connectivity index (χ1) is 12.0. The summed E-state index contributed by atoms with van der Waals surface area (Å²) in [6.07, 6.45) is 5.26. The molecule has 5 nitrogen and oxygen atoms in total. The highest BCUT2D eigenvalue weighted by atomic mass is 16.3. The molecular weight excluding hydrogens is 312 g/mol. The second kappa shape index (κ2) is 14.4. The Bertz CT molecular complexity index is 339. The molecule has 150 valence electrons. The van der Waals surface area contributed by atoms with Gasteiger partial charge in [0.2, 0.25) is 0 Å². The molecule has 0 rings (SSSR count). The lowest BCUT2D eigenvalue weighted by Crippen LogP contribution is -2.43. The Morgan fingerprint density at radius 3 is 2.24 bits per heavy atom. The van der Waals surface area contributed by atoms with Crippen LogP contribution in [0.5, 0.6) is 0 Å². The van der Waals surface area contributed by atoms with Crippen molar-refractivity contribution in [1.82, 2.24) is 15.5 Å². The van der Waals surface area contributed by atoms with Gasteiger partial charge < -0.3 is 20.6 Å². The van der Waals surface area contributed by atoms with Gasteiger partial charge in [0.15, 0.2) is 5.96 Å². The van der Waals surface area contributed by atoms with Gasteiger partial charge in [-0.25, -0.2) is 0 Å². The number of guanidine groups is 1. The van der Waals surface area contributed by atoms with Crippen LogP contribution in [0.15, 0.2) is 4.99 Å². The first-order valence-electron chi connectivity index (χ1n) is 10.4. The predicted molar refractivity (Wildman–Crippen MR) is 110 cm³/mol. The third kappa shape index (κ3) is 10.0. The zero-order valence-electron chi connectivity index (χ0n) is 17.7. The van der Waals surface area contributed by atoms with Crippen LogP contribution in [0.3, 0.4) is 0 Å². The number of nitrogens with one attached hydrogen (secondary N) is 2. The number of aliphatic hydroxyl groups is 1. The fourth-order valence-corrected chi connectivity index (χ4v) is 3.18. The van der Waals surface area contributed by atoms with E-state index >= 15 is 0 Å². The number of rotatable bonds is 14. The van der Waals surface area contributed by atoms with Crippen molar-refractivity contribution in [3.8, 4) is 0 Å². The van der Waals surface area contributed by atoms with E-state index in [1.165, 1.54) is 6.42 Å². The van der Waals surface area contributed by atoms with Crippen LogP contribution >= 0.6 is 0 Å². The van der Waals surface area contributed by atoms with Crippen LogP contribution in [0.4, 0.5) is 0 Å². The number of hydrogen-bond acceptors (Lipinski definition) is 3. The van der Waals surface area contributed by atoms with E-state index in [1.807, 2.05) is 0 Å². The number of aliphatic imine (C=N–C) groups is 1. The molecule has 0 spiro atoms. The van der Waals surface area contributed by atoms with E-state index in [1.54, 1.807) is 0 Å². The summed E-state index contributed by atoms with van der Waals surface area (Å²) in [5.41, 5.74) is 0.114. The molecular formula is C20H44N4O. The van der Waals surface area contributed by atoms with E-state index in [0.717, 1.165) is 64.4 Å². The van der Waals surface area contributed by atoms with Crippen molar-refractivity contribution in [1.29, 1.82) is 0 Å². The van der Waals surface area contributed by atoms with Gasteiger partial charge in [0.1, 0.15) is 0 Å². The van der Waals surface area contributed by atoms with Crippen LogP contribution in [0.1, 0.15) is 73.6 Å². The molecule has 25 heavy (non-hydrogen) atoms. The van der Waals surface area contributed by atoms with E-state index in [0.29, 0.717) is 6.04 Å². The zero-order chi connectivity index (χ0) is 19.1. The van der Waals surface area contributed by atoms with Gasteiger partial charge >= 0.3 is 0 Å². The second-order valence-corrected chi connectivity index (χ2v) is 7.09. The maximum atomic E-state index is 9.38. The second-order valence-electron chi connectivity index (χ2n) is 7.09. The summed E-state index contributed by atoms with van der Waals surface area (Å²) < 4.78 is 0. The van der Waals surface area contributed by atoms with Gasteiger partial charge in [-0.3, -0.25) is 4.99 Å². The Kier molecular flexibility index (Phi) is 13.9. The third-order valence-electron chi connectivity index (χ3n) is 5.45. The van der Waals surface area contributed by atoms with Crippen molar-refractivity contribution < 1.29 is 5.11 Å². The fraction of sp³-hybridized carbons (Fsp3) is 0.950. The van der Waals surface area contributed by atoms with Crippen molar-refractivity contribution in [2.45, 2.75) is 79.7 Å². The molecule has 0 saturated carbocycles. The van der Waals surface area contributed by atoms with Crippen LogP contribution < -0.4 is 10.6 Å². The summed E-state index contributed by atoms with van der Waals surface area (Å²) >= 11 is 0. The molecule has 0 aliphatic rings. The highest BCUT2D eigenvalue weighted by molar-refractivity contribution is 5.80. The number of aliphatic hydroxyl groups excluding tert-OH is 1. The molecule has 0 aliphatic carbocycles. The average Bonchev–Trinajstić information content (AvgIpc) is 2.62. The largest absolute Gasteiger partial charge is 0.396 e. The molecule has 0 heterocycles. The van der Waals surface area contributed by atoms with Crippen molar-refractivity contribution in [2.75, 3.05) is 39.3 Å². The zero-order valence-corrected chi connectivity index (χ0v) is 17.7. The van der Waals surface area contributed by atoms with Gasteiger partial charge in [0, 0.05) is 25.7 Å². The van der Waals surface area contributed by atoms with E-state index in [-0.39, 0.29) is 12.0 Å². The quantitative estimate of drug-likeness (QED) is 0.330. The maximum Gasteiger partial charge on any atom is 0.191 e. The minimum absolute atomic E-state index is 0.114. The molecule has 1 atom stereocenters. The average molecular weight is 357 g/mol. The van der Waals surface area contributed by atoms with Crippen LogP contribution in [0.2, 0.25) is 0 Å². The molecule has 0 amide bonds. The fourth-order valence-electron chi connectivity index (χ4n) is 3.18. The monoisotopic (exact) mass is 356 g/mol. The molecule has 5 heteroatoms. The summed E-state index contributed by atoms with van der Waals surface area (Å²) in [5, 5.41) is 16.3. The van der Waals surface area contributed by atoms with Gasteiger partial charge in [-0.15, -0.1) is 0 Å². The van der Waals surface area contributed by atoms with Gasteiger partial charge in [-0.2, -0.15) is 0 Å². The molecule has 0 saturated heterocycles. The normalized spacial score (nSPS) is 14.0. The van der Waals surface area contributed by atoms with Crippen molar-refractivity contribution in [3.63, 3.8) is 0 Å². The number of nitrogens with zero attached hydrogens (tertiary/aromatic N) is 2. The smallest absolute Gasteiger partial charge is 0.191 e. The predicted octanol–water partition coefficient (Wildman–Crippen LogP) is 3.24. The maximum absolute atomic E-state index is 9.38. The summed E-state index contributed by atoms with van der Waals surface area (Å²) in [5.74, 6) is 0.905.